The normalized spacial score (nSPS) is 19.4. The second-order valence-corrected chi connectivity index (χ2v) is 5.56. The Hall–Kier alpha value is -1.06. The van der Waals surface area contributed by atoms with Crippen LogP contribution in [-0.4, -0.2) is 18.3 Å². The van der Waals surface area contributed by atoms with E-state index in [1.165, 1.54) is 5.56 Å². The van der Waals surface area contributed by atoms with Gasteiger partial charge in [0.1, 0.15) is 0 Å². The number of hydrogen-bond acceptors (Lipinski definition) is 2. The Kier molecular flexibility index (Phi) is 3.04. The van der Waals surface area contributed by atoms with Gasteiger partial charge in [-0.2, -0.15) is 0 Å². The number of alkyl halides is 1. The van der Waals surface area contributed by atoms with Gasteiger partial charge in [0.05, 0.1) is 13.2 Å². The molecule has 1 fully saturated rings. The molecule has 1 saturated carbocycles. The summed E-state index contributed by atoms with van der Waals surface area (Å²) in [7, 11) is 0. The largest absolute Gasteiger partial charge is 0.372 e. The van der Waals surface area contributed by atoms with Gasteiger partial charge in [-0.15, -0.1) is 11.6 Å². The Morgan fingerprint density at radius 2 is 2.11 bits per heavy atom. The molecular formula is C14H16ClNO2. The number of carbonyl (C=O) groups excluding carboxylic acids is 1. The van der Waals surface area contributed by atoms with Crippen LogP contribution >= 0.6 is 11.6 Å². The van der Waals surface area contributed by atoms with E-state index in [0.717, 1.165) is 18.4 Å². The molecule has 0 aromatic heterocycles. The summed E-state index contributed by atoms with van der Waals surface area (Å²) in [4.78, 5) is 12.0. The lowest BCUT2D eigenvalue weighted by Gasteiger charge is -2.12. The first kappa shape index (κ1) is 12.0. The van der Waals surface area contributed by atoms with E-state index in [0.29, 0.717) is 31.2 Å². The second kappa shape index (κ2) is 4.56. The molecule has 0 saturated heterocycles. The van der Waals surface area contributed by atoms with Gasteiger partial charge in [-0.05, 0) is 36.1 Å². The van der Waals surface area contributed by atoms with Gasteiger partial charge in [0.25, 0.3) is 5.91 Å². The Balaban J connectivity index is 1.65. The molecule has 1 aromatic rings. The van der Waals surface area contributed by atoms with E-state index in [4.69, 9.17) is 16.3 Å². The number of rotatable bonds is 4. The van der Waals surface area contributed by atoms with Crippen LogP contribution in [0.5, 0.6) is 0 Å². The van der Waals surface area contributed by atoms with Crippen molar-refractivity contribution in [3.05, 3.63) is 34.9 Å². The third-order valence-corrected chi connectivity index (χ3v) is 4.42. The zero-order valence-electron chi connectivity index (χ0n) is 10.2. The number of ether oxygens (including phenoxy) is 1. The summed E-state index contributed by atoms with van der Waals surface area (Å²) in [5.74, 6) is 0.617. The van der Waals surface area contributed by atoms with Gasteiger partial charge in [-0.25, -0.2) is 0 Å². The summed E-state index contributed by atoms with van der Waals surface area (Å²) in [5.41, 5.74) is 3.19. The molecule has 1 amide bonds. The molecule has 0 radical (unpaired) electrons. The average Bonchev–Trinajstić information content (AvgIpc) is 3.04. The lowest BCUT2D eigenvalue weighted by atomic mass is 10.1. The zero-order chi connectivity index (χ0) is 12.6. The standard InChI is InChI=1S/C14H16ClNO2/c15-8-14(3-4-14)9-16-13(17)10-1-2-11-6-18-7-12(11)5-10/h1-2,5H,3-4,6-9H2,(H,16,17). The third-order valence-electron chi connectivity index (χ3n) is 3.85. The quantitative estimate of drug-likeness (QED) is 0.850. The fourth-order valence-corrected chi connectivity index (χ4v) is 2.58. The molecule has 18 heavy (non-hydrogen) atoms. The fourth-order valence-electron chi connectivity index (χ4n) is 2.22. The second-order valence-electron chi connectivity index (χ2n) is 5.29. The minimum absolute atomic E-state index is 0.0129. The number of halogens is 1. The number of fused-ring (bicyclic) bond motifs is 1. The molecule has 1 aromatic carbocycles. The maximum absolute atomic E-state index is 12.0. The topological polar surface area (TPSA) is 38.3 Å². The van der Waals surface area contributed by atoms with Gasteiger partial charge in [-0.3, -0.25) is 4.79 Å². The van der Waals surface area contributed by atoms with Crippen molar-refractivity contribution in [1.82, 2.24) is 5.32 Å². The minimum atomic E-state index is -0.0129. The van der Waals surface area contributed by atoms with Crippen molar-refractivity contribution in [2.75, 3.05) is 12.4 Å². The molecule has 0 unspecified atom stereocenters. The van der Waals surface area contributed by atoms with Gasteiger partial charge < -0.3 is 10.1 Å². The van der Waals surface area contributed by atoms with Crippen LogP contribution < -0.4 is 5.32 Å². The van der Waals surface area contributed by atoms with Crippen LogP contribution in [0.15, 0.2) is 18.2 Å². The molecule has 1 aliphatic carbocycles. The molecule has 3 rings (SSSR count). The molecule has 1 N–H and O–H groups in total. The Labute approximate surface area is 111 Å². The van der Waals surface area contributed by atoms with E-state index in [1.807, 2.05) is 18.2 Å². The summed E-state index contributed by atoms with van der Waals surface area (Å²) in [5, 5.41) is 2.98. The van der Waals surface area contributed by atoms with E-state index in [9.17, 15) is 4.79 Å². The van der Waals surface area contributed by atoms with Gasteiger partial charge >= 0.3 is 0 Å². The van der Waals surface area contributed by atoms with Crippen LogP contribution in [0.4, 0.5) is 0 Å². The van der Waals surface area contributed by atoms with Gasteiger partial charge in [-0.1, -0.05) is 6.07 Å². The zero-order valence-corrected chi connectivity index (χ0v) is 10.9. The third kappa shape index (κ3) is 2.25. The number of amides is 1. The summed E-state index contributed by atoms with van der Waals surface area (Å²) >= 11 is 5.89. The maximum atomic E-state index is 12.0. The first-order chi connectivity index (χ1) is 8.72. The maximum Gasteiger partial charge on any atom is 0.251 e. The first-order valence-corrected chi connectivity index (χ1v) is 6.80. The number of nitrogens with one attached hydrogen (secondary N) is 1. The minimum Gasteiger partial charge on any atom is -0.372 e. The predicted molar refractivity (Wildman–Crippen MR) is 69.7 cm³/mol. The van der Waals surface area contributed by atoms with Crippen LogP contribution in [0.25, 0.3) is 0 Å². The molecule has 2 aliphatic rings. The van der Waals surface area contributed by atoms with E-state index in [1.54, 1.807) is 0 Å². The molecular weight excluding hydrogens is 250 g/mol. The van der Waals surface area contributed by atoms with E-state index in [2.05, 4.69) is 5.32 Å². The SMILES string of the molecule is O=C(NCC1(CCl)CC1)c1ccc2c(c1)COC2. The summed E-state index contributed by atoms with van der Waals surface area (Å²) < 4.78 is 5.34. The van der Waals surface area contributed by atoms with E-state index in [-0.39, 0.29) is 11.3 Å². The summed E-state index contributed by atoms with van der Waals surface area (Å²) in [6.07, 6.45) is 2.24. The molecule has 1 heterocycles. The van der Waals surface area contributed by atoms with Crippen molar-refractivity contribution in [1.29, 1.82) is 0 Å². The number of hydrogen-bond donors (Lipinski definition) is 1. The molecule has 96 valence electrons. The molecule has 3 nitrogen and oxygen atoms in total. The Morgan fingerprint density at radius 1 is 1.33 bits per heavy atom. The highest BCUT2D eigenvalue weighted by atomic mass is 35.5. The Bertz CT molecular complexity index is 483. The smallest absolute Gasteiger partial charge is 0.251 e. The van der Waals surface area contributed by atoms with Crippen LogP contribution in [0.2, 0.25) is 0 Å². The van der Waals surface area contributed by atoms with Gasteiger partial charge in [0.2, 0.25) is 0 Å². The fraction of sp³-hybridized carbons (Fsp3) is 0.500. The van der Waals surface area contributed by atoms with Crippen LogP contribution in [-0.2, 0) is 18.0 Å². The lowest BCUT2D eigenvalue weighted by molar-refractivity contribution is 0.0946. The van der Waals surface area contributed by atoms with Crippen LogP contribution in [0.3, 0.4) is 0 Å². The van der Waals surface area contributed by atoms with Gasteiger partial charge in [0.15, 0.2) is 0 Å². The average molecular weight is 266 g/mol. The molecule has 0 atom stereocenters. The van der Waals surface area contributed by atoms with Crippen LogP contribution in [0, 0.1) is 5.41 Å². The van der Waals surface area contributed by atoms with E-state index >= 15 is 0 Å². The molecule has 0 bridgehead atoms. The van der Waals surface area contributed by atoms with Crippen molar-refractivity contribution in [3.8, 4) is 0 Å². The first-order valence-electron chi connectivity index (χ1n) is 6.26. The van der Waals surface area contributed by atoms with Crippen molar-refractivity contribution in [3.63, 3.8) is 0 Å². The summed E-state index contributed by atoms with van der Waals surface area (Å²) in [6.45, 7) is 1.96. The number of benzene rings is 1. The summed E-state index contributed by atoms with van der Waals surface area (Å²) in [6, 6.07) is 5.77. The molecule has 1 aliphatic heterocycles. The Morgan fingerprint density at radius 3 is 2.83 bits per heavy atom. The molecule has 4 heteroatoms. The highest BCUT2D eigenvalue weighted by molar-refractivity contribution is 6.18. The van der Waals surface area contributed by atoms with Gasteiger partial charge in [0, 0.05) is 23.4 Å². The monoisotopic (exact) mass is 265 g/mol. The van der Waals surface area contributed by atoms with E-state index < -0.39 is 0 Å². The predicted octanol–water partition coefficient (Wildman–Crippen LogP) is 2.47. The highest BCUT2D eigenvalue weighted by Crippen LogP contribution is 2.45. The van der Waals surface area contributed by atoms with Crippen molar-refractivity contribution >= 4 is 17.5 Å². The van der Waals surface area contributed by atoms with Crippen LogP contribution in [0.1, 0.15) is 34.3 Å². The van der Waals surface area contributed by atoms with Crippen molar-refractivity contribution < 1.29 is 9.53 Å². The van der Waals surface area contributed by atoms with Crippen molar-refractivity contribution in [2.24, 2.45) is 5.41 Å². The highest BCUT2D eigenvalue weighted by Gasteiger charge is 2.41. The molecule has 0 spiro atoms. The van der Waals surface area contributed by atoms with Crippen molar-refractivity contribution in [2.45, 2.75) is 26.1 Å². The number of carbonyl (C=O) groups is 1. The lowest BCUT2D eigenvalue weighted by Crippen LogP contribution is -2.31.